The molecule has 4 N–H and O–H groups in total. The molecule has 1 fully saturated rings. The molecule has 1 unspecified atom stereocenters. The van der Waals surface area contributed by atoms with Crippen molar-refractivity contribution < 1.29 is 25.2 Å². The number of carbonyl (C=O) groups is 1. The molecule has 0 spiro atoms. The second-order valence-electron chi connectivity index (χ2n) is 7.05. The number of aliphatic carboxylic acids is 1. The lowest BCUT2D eigenvalue weighted by Crippen LogP contribution is -2.20. The van der Waals surface area contributed by atoms with E-state index in [1.54, 1.807) is 6.08 Å². The number of unbranched alkanes of at least 4 members (excludes halogenated alkanes) is 3. The molecule has 25 heavy (non-hydrogen) atoms. The fraction of sp³-hybridized carbons (Fsp3) is 0.750. The van der Waals surface area contributed by atoms with E-state index in [-0.39, 0.29) is 18.3 Å². The molecule has 1 aliphatic rings. The van der Waals surface area contributed by atoms with Crippen LogP contribution < -0.4 is 0 Å². The minimum Gasteiger partial charge on any atom is -0.481 e. The average molecular weight is 354 g/mol. The van der Waals surface area contributed by atoms with Gasteiger partial charge in [0.15, 0.2) is 0 Å². The van der Waals surface area contributed by atoms with Gasteiger partial charge < -0.3 is 20.4 Å². The lowest BCUT2D eigenvalue weighted by Gasteiger charge is -2.19. The molecule has 0 aromatic rings. The van der Waals surface area contributed by atoms with Crippen LogP contribution in [0.3, 0.4) is 0 Å². The highest BCUT2D eigenvalue weighted by molar-refractivity contribution is 5.66. The first-order valence-electron chi connectivity index (χ1n) is 9.55. The Hall–Kier alpha value is -1.17. The predicted octanol–water partition coefficient (Wildman–Crippen LogP) is 3.04. The van der Waals surface area contributed by atoms with Crippen LogP contribution in [0.15, 0.2) is 24.3 Å². The Labute approximate surface area is 151 Å². The fourth-order valence-corrected chi connectivity index (χ4v) is 3.41. The third kappa shape index (κ3) is 8.66. The van der Waals surface area contributed by atoms with Crippen LogP contribution in [0, 0.1) is 11.8 Å². The third-order valence-electron chi connectivity index (χ3n) is 4.91. The second-order valence-corrected chi connectivity index (χ2v) is 7.05. The largest absolute Gasteiger partial charge is 0.481 e. The first-order valence-corrected chi connectivity index (χ1v) is 9.55. The van der Waals surface area contributed by atoms with Crippen molar-refractivity contribution in [3.05, 3.63) is 24.3 Å². The molecule has 144 valence electrons. The van der Waals surface area contributed by atoms with Crippen molar-refractivity contribution >= 4 is 5.97 Å². The molecule has 0 aromatic carbocycles. The highest BCUT2D eigenvalue weighted by atomic mass is 16.4. The van der Waals surface area contributed by atoms with Gasteiger partial charge in [0.05, 0.1) is 18.3 Å². The summed E-state index contributed by atoms with van der Waals surface area (Å²) >= 11 is 0. The maximum absolute atomic E-state index is 10.5. The van der Waals surface area contributed by atoms with Gasteiger partial charge in [-0.05, 0) is 31.6 Å². The van der Waals surface area contributed by atoms with Crippen LogP contribution in [-0.2, 0) is 4.79 Å². The summed E-state index contributed by atoms with van der Waals surface area (Å²) in [6.07, 6.45) is 12.3. The molecule has 1 aliphatic carbocycles. The molecular formula is C20H34O5. The van der Waals surface area contributed by atoms with E-state index in [9.17, 15) is 20.1 Å². The van der Waals surface area contributed by atoms with Crippen molar-refractivity contribution in [2.75, 3.05) is 0 Å². The maximum atomic E-state index is 10.5. The van der Waals surface area contributed by atoms with Gasteiger partial charge >= 0.3 is 5.97 Å². The van der Waals surface area contributed by atoms with Gasteiger partial charge in [0.25, 0.3) is 0 Å². The molecule has 0 aromatic heterocycles. The van der Waals surface area contributed by atoms with Gasteiger partial charge in [-0.15, -0.1) is 0 Å². The summed E-state index contributed by atoms with van der Waals surface area (Å²) < 4.78 is 0. The number of hydrogen-bond acceptors (Lipinski definition) is 4. The van der Waals surface area contributed by atoms with Crippen molar-refractivity contribution in [2.45, 2.75) is 83.0 Å². The third-order valence-corrected chi connectivity index (χ3v) is 4.91. The molecule has 0 bridgehead atoms. The molecule has 0 radical (unpaired) electrons. The predicted molar refractivity (Wildman–Crippen MR) is 98.1 cm³/mol. The van der Waals surface area contributed by atoms with Crippen LogP contribution in [0.25, 0.3) is 0 Å². The van der Waals surface area contributed by atoms with E-state index in [2.05, 4.69) is 6.92 Å². The van der Waals surface area contributed by atoms with Gasteiger partial charge in [0.2, 0.25) is 0 Å². The molecule has 0 saturated heterocycles. The van der Waals surface area contributed by atoms with Crippen LogP contribution in [0.1, 0.15) is 64.7 Å². The molecule has 1 rings (SSSR count). The lowest BCUT2D eigenvalue weighted by molar-refractivity contribution is -0.137. The Balaban J connectivity index is 2.46. The molecule has 5 nitrogen and oxygen atoms in total. The van der Waals surface area contributed by atoms with Crippen molar-refractivity contribution in [3.63, 3.8) is 0 Å². The van der Waals surface area contributed by atoms with E-state index in [4.69, 9.17) is 5.11 Å². The van der Waals surface area contributed by atoms with E-state index in [1.807, 2.05) is 18.2 Å². The minimum atomic E-state index is -0.787. The van der Waals surface area contributed by atoms with E-state index in [1.165, 1.54) is 0 Å². The van der Waals surface area contributed by atoms with Crippen LogP contribution in [0.2, 0.25) is 0 Å². The van der Waals surface area contributed by atoms with Crippen LogP contribution in [0.5, 0.6) is 0 Å². The highest BCUT2D eigenvalue weighted by Gasteiger charge is 2.39. The summed E-state index contributed by atoms with van der Waals surface area (Å²) in [5.74, 6) is -1.00. The van der Waals surface area contributed by atoms with Gasteiger partial charge in [0, 0.05) is 18.8 Å². The zero-order chi connectivity index (χ0) is 18.7. The number of aliphatic hydroxyl groups excluding tert-OH is 3. The lowest BCUT2D eigenvalue weighted by atomic mass is 9.89. The van der Waals surface area contributed by atoms with Crippen LogP contribution in [0.4, 0.5) is 0 Å². The quantitative estimate of drug-likeness (QED) is 0.319. The number of hydrogen-bond donors (Lipinski definition) is 4. The summed E-state index contributed by atoms with van der Waals surface area (Å²) in [4.78, 5) is 10.5. The first-order chi connectivity index (χ1) is 12.0. The fourth-order valence-electron chi connectivity index (χ4n) is 3.41. The Kier molecular flexibility index (Phi) is 10.7. The monoisotopic (exact) mass is 354 g/mol. The van der Waals surface area contributed by atoms with Crippen LogP contribution >= 0.6 is 0 Å². The number of carboxylic acids is 1. The molecular weight excluding hydrogens is 320 g/mol. The van der Waals surface area contributed by atoms with E-state index < -0.39 is 24.3 Å². The van der Waals surface area contributed by atoms with Gasteiger partial charge in [0.1, 0.15) is 0 Å². The summed E-state index contributed by atoms with van der Waals surface area (Å²) in [5.41, 5.74) is 0. The highest BCUT2D eigenvalue weighted by Crippen LogP contribution is 2.36. The van der Waals surface area contributed by atoms with Gasteiger partial charge in [-0.25, -0.2) is 0 Å². The molecule has 5 atom stereocenters. The minimum absolute atomic E-state index is 0.0650. The number of rotatable bonds is 12. The average Bonchev–Trinajstić information content (AvgIpc) is 2.82. The Morgan fingerprint density at radius 3 is 2.60 bits per heavy atom. The molecule has 0 aliphatic heterocycles. The van der Waals surface area contributed by atoms with Gasteiger partial charge in [-0.1, -0.05) is 50.5 Å². The van der Waals surface area contributed by atoms with Crippen molar-refractivity contribution in [3.8, 4) is 0 Å². The summed E-state index contributed by atoms with van der Waals surface area (Å²) in [6.45, 7) is 2.12. The van der Waals surface area contributed by atoms with E-state index >= 15 is 0 Å². The number of carboxylic acid groups (broad SMARTS) is 1. The summed E-state index contributed by atoms with van der Waals surface area (Å²) in [5, 5.41) is 39.0. The normalized spacial score (nSPS) is 28.2. The molecule has 1 saturated carbocycles. The molecule has 0 heterocycles. The van der Waals surface area contributed by atoms with Gasteiger partial charge in [-0.2, -0.15) is 0 Å². The number of allylic oxidation sites excluding steroid dienone is 2. The van der Waals surface area contributed by atoms with Crippen molar-refractivity contribution in [1.29, 1.82) is 0 Å². The molecule has 0 amide bonds. The van der Waals surface area contributed by atoms with E-state index in [0.29, 0.717) is 25.7 Å². The molecule has 5 heteroatoms. The van der Waals surface area contributed by atoms with E-state index in [0.717, 1.165) is 25.7 Å². The Bertz CT molecular complexity index is 432. The SMILES string of the molecule is CCCCCC(O)/C=C/[C@@H]1[C@@H](C/C=C/CCCC(=O)O)[C@@H](O)C[C@@H]1O. The van der Waals surface area contributed by atoms with Crippen molar-refractivity contribution in [2.24, 2.45) is 11.8 Å². The summed E-state index contributed by atoms with van der Waals surface area (Å²) in [7, 11) is 0. The standard InChI is InChI=1S/C20H34O5/c1-2-3-6-9-15(21)12-13-17-16(18(22)14-19(17)23)10-7-4-5-8-11-20(24)25/h4,7,12-13,15-19,21-23H,2-3,5-6,8-11,14H2,1H3,(H,24,25)/b7-4+,13-12+/t15?,16-,17-,18+,19+/m1/s1. The Morgan fingerprint density at radius 1 is 1.16 bits per heavy atom. The van der Waals surface area contributed by atoms with Crippen molar-refractivity contribution in [1.82, 2.24) is 0 Å². The number of aliphatic hydroxyl groups is 3. The summed E-state index contributed by atoms with van der Waals surface area (Å²) in [6, 6.07) is 0. The van der Waals surface area contributed by atoms with Gasteiger partial charge in [-0.3, -0.25) is 4.79 Å². The first kappa shape index (κ1) is 21.9. The smallest absolute Gasteiger partial charge is 0.303 e. The zero-order valence-corrected chi connectivity index (χ0v) is 15.3. The topological polar surface area (TPSA) is 98.0 Å². The second kappa shape index (κ2) is 12.2. The maximum Gasteiger partial charge on any atom is 0.303 e. The zero-order valence-electron chi connectivity index (χ0n) is 15.3. The van der Waals surface area contributed by atoms with Crippen LogP contribution in [-0.4, -0.2) is 44.7 Å². The Morgan fingerprint density at radius 2 is 1.92 bits per heavy atom.